The molecule has 3 rings (SSSR count). The van der Waals surface area contributed by atoms with E-state index in [1.807, 2.05) is 0 Å². The van der Waals surface area contributed by atoms with Gasteiger partial charge in [0.25, 0.3) is 0 Å². The number of fused-ring (bicyclic) bond motifs is 1. The summed E-state index contributed by atoms with van der Waals surface area (Å²) in [5.74, 6) is 0. The highest BCUT2D eigenvalue weighted by molar-refractivity contribution is 5.82. The van der Waals surface area contributed by atoms with Gasteiger partial charge in [0.2, 0.25) is 0 Å². The van der Waals surface area contributed by atoms with Crippen LogP contribution in [0.25, 0.3) is 10.9 Å². The average molecular weight is 255 g/mol. The minimum Gasteiger partial charge on any atom is -0.309 e. The van der Waals surface area contributed by atoms with Gasteiger partial charge in [-0.05, 0) is 37.6 Å². The molecule has 0 amide bonds. The van der Waals surface area contributed by atoms with Crippen molar-refractivity contribution in [3.63, 3.8) is 0 Å². The van der Waals surface area contributed by atoms with Crippen LogP contribution >= 0.6 is 0 Å². The van der Waals surface area contributed by atoms with Crippen LogP contribution in [0.3, 0.4) is 0 Å². The molecule has 18 heavy (non-hydrogen) atoms. The van der Waals surface area contributed by atoms with Crippen LogP contribution in [-0.2, 0) is 6.18 Å². The Balaban J connectivity index is 2.10. The topological polar surface area (TPSA) is 40.7 Å². The Morgan fingerprint density at radius 2 is 2.11 bits per heavy atom. The van der Waals surface area contributed by atoms with Gasteiger partial charge >= 0.3 is 6.18 Å². The van der Waals surface area contributed by atoms with Crippen LogP contribution in [0.2, 0.25) is 0 Å². The number of rotatable bonds is 1. The van der Waals surface area contributed by atoms with E-state index in [-0.39, 0.29) is 6.04 Å². The second-order valence-electron chi connectivity index (χ2n) is 4.52. The third kappa shape index (κ3) is 1.86. The van der Waals surface area contributed by atoms with Crippen molar-refractivity contribution < 1.29 is 13.2 Å². The number of hydrogen-bond acceptors (Lipinski definition) is 2. The van der Waals surface area contributed by atoms with Gasteiger partial charge in [-0.2, -0.15) is 18.3 Å². The lowest BCUT2D eigenvalue weighted by molar-refractivity contribution is -0.137. The van der Waals surface area contributed by atoms with Crippen LogP contribution in [0.5, 0.6) is 0 Å². The fraction of sp³-hybridized carbons (Fsp3) is 0.417. The molecule has 1 aromatic carbocycles. The highest BCUT2D eigenvalue weighted by Crippen LogP contribution is 2.34. The summed E-state index contributed by atoms with van der Waals surface area (Å²) in [6, 6.07) is 3.73. The van der Waals surface area contributed by atoms with Crippen LogP contribution in [0.1, 0.15) is 30.1 Å². The van der Waals surface area contributed by atoms with Gasteiger partial charge in [-0.15, -0.1) is 0 Å². The van der Waals surface area contributed by atoms with Crippen molar-refractivity contribution in [3.8, 4) is 0 Å². The Morgan fingerprint density at radius 3 is 2.78 bits per heavy atom. The lowest BCUT2D eigenvalue weighted by Crippen LogP contribution is -2.13. The SMILES string of the molecule is FC(F)(F)c1ccc2n[nH]c(C3CCCN3)c2c1. The molecule has 0 bridgehead atoms. The Kier molecular flexibility index (Phi) is 2.55. The number of halogens is 3. The van der Waals surface area contributed by atoms with Crippen molar-refractivity contribution in [2.75, 3.05) is 6.54 Å². The maximum Gasteiger partial charge on any atom is 0.416 e. The van der Waals surface area contributed by atoms with Crippen molar-refractivity contribution in [1.29, 1.82) is 0 Å². The molecule has 0 saturated carbocycles. The normalized spacial score (nSPS) is 20.7. The summed E-state index contributed by atoms with van der Waals surface area (Å²) in [5, 5.41) is 10.7. The Bertz CT molecular complexity index is 567. The highest BCUT2D eigenvalue weighted by atomic mass is 19.4. The summed E-state index contributed by atoms with van der Waals surface area (Å²) in [7, 11) is 0. The van der Waals surface area contributed by atoms with E-state index in [4.69, 9.17) is 0 Å². The van der Waals surface area contributed by atoms with Crippen molar-refractivity contribution in [2.45, 2.75) is 25.1 Å². The molecular weight excluding hydrogens is 243 g/mol. The van der Waals surface area contributed by atoms with Gasteiger partial charge in [0.05, 0.1) is 16.8 Å². The number of nitrogens with one attached hydrogen (secondary N) is 2. The molecule has 96 valence electrons. The van der Waals surface area contributed by atoms with Crippen molar-refractivity contribution >= 4 is 10.9 Å². The molecule has 2 aromatic rings. The summed E-state index contributed by atoms with van der Waals surface area (Å²) >= 11 is 0. The fourth-order valence-corrected chi connectivity index (χ4v) is 2.40. The summed E-state index contributed by atoms with van der Waals surface area (Å²) in [4.78, 5) is 0. The summed E-state index contributed by atoms with van der Waals surface area (Å²) in [6.07, 6.45) is -2.36. The van der Waals surface area contributed by atoms with Crippen molar-refractivity contribution in [1.82, 2.24) is 15.5 Å². The largest absolute Gasteiger partial charge is 0.416 e. The molecule has 0 spiro atoms. The fourth-order valence-electron chi connectivity index (χ4n) is 2.40. The second-order valence-corrected chi connectivity index (χ2v) is 4.52. The van der Waals surface area contributed by atoms with Crippen LogP contribution in [0.15, 0.2) is 18.2 Å². The first kappa shape index (κ1) is 11.5. The Hall–Kier alpha value is -1.56. The van der Waals surface area contributed by atoms with E-state index in [1.165, 1.54) is 12.1 Å². The van der Waals surface area contributed by atoms with Crippen molar-refractivity contribution in [2.24, 2.45) is 0 Å². The molecule has 1 atom stereocenters. The molecular formula is C12H12F3N3. The van der Waals surface area contributed by atoms with Gasteiger partial charge in [-0.1, -0.05) is 0 Å². The smallest absolute Gasteiger partial charge is 0.309 e. The van der Waals surface area contributed by atoms with Gasteiger partial charge in [0.1, 0.15) is 0 Å². The van der Waals surface area contributed by atoms with Crippen molar-refractivity contribution in [3.05, 3.63) is 29.5 Å². The van der Waals surface area contributed by atoms with Gasteiger partial charge < -0.3 is 5.32 Å². The molecule has 1 saturated heterocycles. The van der Waals surface area contributed by atoms with Crippen LogP contribution in [0.4, 0.5) is 13.2 Å². The first-order chi connectivity index (χ1) is 8.55. The summed E-state index contributed by atoms with van der Waals surface area (Å²) < 4.78 is 38.1. The summed E-state index contributed by atoms with van der Waals surface area (Å²) in [6.45, 7) is 0.893. The predicted molar refractivity (Wildman–Crippen MR) is 61.1 cm³/mol. The Morgan fingerprint density at radius 1 is 1.28 bits per heavy atom. The van der Waals surface area contributed by atoms with Crippen LogP contribution in [-0.4, -0.2) is 16.7 Å². The van der Waals surface area contributed by atoms with E-state index in [0.717, 1.165) is 31.1 Å². The number of hydrogen-bond donors (Lipinski definition) is 2. The summed E-state index contributed by atoms with van der Waals surface area (Å²) in [5.41, 5.74) is 0.705. The minimum absolute atomic E-state index is 0.0819. The zero-order valence-electron chi connectivity index (χ0n) is 9.51. The third-order valence-electron chi connectivity index (χ3n) is 3.32. The molecule has 1 fully saturated rings. The van der Waals surface area contributed by atoms with Gasteiger partial charge in [0, 0.05) is 11.4 Å². The lowest BCUT2D eigenvalue weighted by atomic mass is 10.1. The minimum atomic E-state index is -4.31. The first-order valence-electron chi connectivity index (χ1n) is 5.84. The predicted octanol–water partition coefficient (Wildman–Crippen LogP) is 3.01. The highest BCUT2D eigenvalue weighted by Gasteiger charge is 2.31. The zero-order valence-corrected chi connectivity index (χ0v) is 9.51. The molecule has 3 nitrogen and oxygen atoms in total. The first-order valence-corrected chi connectivity index (χ1v) is 5.84. The maximum absolute atomic E-state index is 12.7. The number of alkyl halides is 3. The maximum atomic E-state index is 12.7. The van der Waals surface area contributed by atoms with Crippen LogP contribution in [0, 0.1) is 0 Å². The molecule has 2 N–H and O–H groups in total. The van der Waals surface area contributed by atoms with E-state index < -0.39 is 11.7 Å². The molecule has 1 unspecified atom stereocenters. The van der Waals surface area contributed by atoms with Gasteiger partial charge in [-0.3, -0.25) is 5.10 Å². The molecule has 1 aromatic heterocycles. The van der Waals surface area contributed by atoms with E-state index in [1.54, 1.807) is 0 Å². The molecule has 6 heteroatoms. The number of nitrogens with zero attached hydrogens (tertiary/aromatic N) is 1. The number of benzene rings is 1. The zero-order chi connectivity index (χ0) is 12.8. The monoisotopic (exact) mass is 255 g/mol. The van der Waals surface area contributed by atoms with E-state index >= 15 is 0 Å². The molecule has 2 heterocycles. The standard InChI is InChI=1S/C12H12F3N3/c13-12(14,15)7-3-4-9-8(6-7)11(18-17-9)10-2-1-5-16-10/h3-4,6,10,16H,1-2,5H2,(H,17,18). The second kappa shape index (κ2) is 3.98. The number of H-pyrrole nitrogens is 1. The van der Waals surface area contributed by atoms with E-state index in [2.05, 4.69) is 15.5 Å². The number of aromatic amines is 1. The van der Waals surface area contributed by atoms with Crippen LogP contribution < -0.4 is 5.32 Å². The average Bonchev–Trinajstić information content (AvgIpc) is 2.95. The molecule has 1 aliphatic rings. The molecule has 1 aliphatic heterocycles. The van der Waals surface area contributed by atoms with E-state index in [9.17, 15) is 13.2 Å². The van der Waals surface area contributed by atoms with Gasteiger partial charge in [-0.25, -0.2) is 0 Å². The molecule has 0 aliphatic carbocycles. The Labute approximate surface area is 101 Å². The quantitative estimate of drug-likeness (QED) is 0.822. The molecule has 0 radical (unpaired) electrons. The van der Waals surface area contributed by atoms with E-state index in [0.29, 0.717) is 10.9 Å². The third-order valence-corrected chi connectivity index (χ3v) is 3.32. The van der Waals surface area contributed by atoms with Gasteiger partial charge in [0.15, 0.2) is 0 Å². The number of aromatic nitrogens is 2. The lowest BCUT2D eigenvalue weighted by Gasteiger charge is -2.09.